The number of nitro groups is 1. The molecule has 0 aliphatic carbocycles. The summed E-state index contributed by atoms with van der Waals surface area (Å²) in [7, 11) is 2.30. The second kappa shape index (κ2) is 12.8. The molecule has 0 aliphatic heterocycles. The molecule has 2 amide bonds. The zero-order valence-electron chi connectivity index (χ0n) is 19.6. The van der Waals surface area contributed by atoms with E-state index in [4.69, 9.17) is 9.47 Å². The summed E-state index contributed by atoms with van der Waals surface area (Å²) in [5.74, 6) is -3.59. The predicted octanol–water partition coefficient (Wildman–Crippen LogP) is 1.65. The Balaban J connectivity index is 2.40. The second-order valence-corrected chi connectivity index (χ2v) is 7.69. The number of nitrogens with one attached hydrogen (secondary N) is 2. The normalized spacial score (nSPS) is 13.0. The summed E-state index contributed by atoms with van der Waals surface area (Å²) >= 11 is 0. The fraction of sp³-hybridized carbons (Fsp3) is 0.333. The van der Waals surface area contributed by atoms with E-state index in [1.165, 1.54) is 38.3 Å². The maximum absolute atomic E-state index is 13.2. The molecule has 0 unspecified atom stereocenters. The molecular formula is C24H27N3O8. The van der Waals surface area contributed by atoms with Gasteiger partial charge in [0.1, 0.15) is 12.1 Å². The Morgan fingerprint density at radius 3 is 2.09 bits per heavy atom. The van der Waals surface area contributed by atoms with Crippen LogP contribution in [0.1, 0.15) is 30.4 Å². The molecule has 0 saturated carbocycles. The van der Waals surface area contributed by atoms with E-state index >= 15 is 0 Å². The van der Waals surface area contributed by atoms with Gasteiger partial charge < -0.3 is 20.1 Å². The largest absolute Gasteiger partial charge is 0.469 e. The molecule has 2 aromatic rings. The number of non-ortho nitro benzene ring substituents is 1. The molecule has 35 heavy (non-hydrogen) atoms. The number of nitrogens with zero attached hydrogens (tertiary/aromatic N) is 1. The average Bonchev–Trinajstić information content (AvgIpc) is 2.85. The number of rotatable bonds is 11. The lowest BCUT2D eigenvalue weighted by Gasteiger charge is -2.28. The summed E-state index contributed by atoms with van der Waals surface area (Å²) in [5.41, 5.74) is 0.964. The van der Waals surface area contributed by atoms with Gasteiger partial charge in [-0.15, -0.1) is 0 Å². The number of methoxy groups -OCH3 is 2. The topological polar surface area (TPSA) is 154 Å². The van der Waals surface area contributed by atoms with Crippen LogP contribution < -0.4 is 10.6 Å². The maximum atomic E-state index is 13.2. The van der Waals surface area contributed by atoms with Gasteiger partial charge in [0.15, 0.2) is 0 Å². The predicted molar refractivity (Wildman–Crippen MR) is 124 cm³/mol. The zero-order chi connectivity index (χ0) is 26.0. The van der Waals surface area contributed by atoms with Crippen molar-refractivity contribution in [3.05, 3.63) is 75.8 Å². The van der Waals surface area contributed by atoms with Crippen molar-refractivity contribution in [3.8, 4) is 0 Å². The molecule has 0 saturated heterocycles. The van der Waals surface area contributed by atoms with Gasteiger partial charge in [-0.2, -0.15) is 0 Å². The van der Waals surface area contributed by atoms with Crippen LogP contribution in [0.4, 0.5) is 5.69 Å². The lowest BCUT2D eigenvalue weighted by molar-refractivity contribution is -0.384. The van der Waals surface area contributed by atoms with E-state index in [2.05, 4.69) is 10.6 Å². The summed E-state index contributed by atoms with van der Waals surface area (Å²) in [6.07, 6.45) is -0.169. The molecule has 0 bridgehead atoms. The number of benzene rings is 2. The van der Waals surface area contributed by atoms with Crippen LogP contribution in [-0.4, -0.2) is 55.0 Å². The van der Waals surface area contributed by atoms with Crippen molar-refractivity contribution < 1.29 is 33.6 Å². The van der Waals surface area contributed by atoms with Crippen LogP contribution in [0.5, 0.6) is 0 Å². The van der Waals surface area contributed by atoms with Crippen molar-refractivity contribution in [2.45, 2.75) is 37.8 Å². The highest BCUT2D eigenvalue weighted by Gasteiger charge is 2.36. The smallest absolute Gasteiger partial charge is 0.329 e. The van der Waals surface area contributed by atoms with Crippen molar-refractivity contribution in [3.63, 3.8) is 0 Å². The fourth-order valence-corrected chi connectivity index (χ4v) is 3.54. The molecule has 0 aliphatic rings. The third kappa shape index (κ3) is 7.91. The number of nitro benzene ring substituents is 1. The summed E-state index contributed by atoms with van der Waals surface area (Å²) in [5, 5.41) is 16.2. The van der Waals surface area contributed by atoms with Gasteiger partial charge in [-0.25, -0.2) is 4.79 Å². The van der Waals surface area contributed by atoms with Crippen LogP contribution in [0.25, 0.3) is 0 Å². The van der Waals surface area contributed by atoms with E-state index in [9.17, 15) is 29.3 Å². The monoisotopic (exact) mass is 485 g/mol. The van der Waals surface area contributed by atoms with Crippen LogP contribution in [0.3, 0.4) is 0 Å². The van der Waals surface area contributed by atoms with Gasteiger partial charge in [-0.1, -0.05) is 42.5 Å². The molecule has 0 aromatic heterocycles. The van der Waals surface area contributed by atoms with Gasteiger partial charge >= 0.3 is 11.9 Å². The zero-order valence-corrected chi connectivity index (χ0v) is 19.6. The summed E-state index contributed by atoms with van der Waals surface area (Å²) in [6, 6.07) is 11.8. The first-order valence-corrected chi connectivity index (χ1v) is 10.7. The minimum Gasteiger partial charge on any atom is -0.469 e. The standard InChI is InChI=1S/C24H27N3O8/c1-15(28)25-20(13-16-7-5-4-6-8-16)23(30)26-22(24(31)35-3)19(14-21(29)34-2)17-9-11-18(12-10-17)27(32)33/h4-12,19-20,22H,13-14H2,1-3H3,(H,25,28)(H,26,30)/t19-,20+,22+/m0/s1. The number of esters is 2. The lowest BCUT2D eigenvalue weighted by Crippen LogP contribution is -2.54. The molecule has 186 valence electrons. The molecule has 0 spiro atoms. The molecule has 2 rings (SSSR count). The van der Waals surface area contributed by atoms with Crippen LogP contribution in [0.2, 0.25) is 0 Å². The van der Waals surface area contributed by atoms with E-state index in [0.29, 0.717) is 5.56 Å². The Hall–Kier alpha value is -4.28. The highest BCUT2D eigenvalue weighted by Crippen LogP contribution is 2.27. The van der Waals surface area contributed by atoms with Crippen LogP contribution in [0, 0.1) is 10.1 Å². The number of hydrogen-bond acceptors (Lipinski definition) is 8. The highest BCUT2D eigenvalue weighted by atomic mass is 16.6. The van der Waals surface area contributed by atoms with Gasteiger partial charge in [0.2, 0.25) is 11.8 Å². The molecule has 2 N–H and O–H groups in total. The van der Waals surface area contributed by atoms with Crippen molar-refractivity contribution in [2.24, 2.45) is 0 Å². The molecule has 11 heteroatoms. The van der Waals surface area contributed by atoms with Gasteiger partial charge in [0.25, 0.3) is 5.69 Å². The quantitative estimate of drug-likeness (QED) is 0.277. The minimum atomic E-state index is -1.35. The Morgan fingerprint density at radius 2 is 1.57 bits per heavy atom. The SMILES string of the molecule is COC(=O)C[C@@H](c1ccc([N+](=O)[O-])cc1)[C@@H](NC(=O)[C@@H](Cc1ccccc1)NC(C)=O)C(=O)OC. The van der Waals surface area contributed by atoms with E-state index in [-0.39, 0.29) is 18.5 Å². The first-order chi connectivity index (χ1) is 16.7. The van der Waals surface area contributed by atoms with Gasteiger partial charge in [0, 0.05) is 31.4 Å². The number of carbonyl (C=O) groups excluding carboxylic acids is 4. The number of hydrogen-bond donors (Lipinski definition) is 2. The number of carbonyl (C=O) groups is 4. The Bertz CT molecular complexity index is 1060. The van der Waals surface area contributed by atoms with Crippen molar-refractivity contribution >= 4 is 29.4 Å². The average molecular weight is 485 g/mol. The molecular weight excluding hydrogens is 458 g/mol. The fourth-order valence-electron chi connectivity index (χ4n) is 3.54. The van der Waals surface area contributed by atoms with Crippen molar-refractivity contribution in [1.82, 2.24) is 10.6 Å². The first kappa shape index (κ1) is 27.0. The Kier molecular flexibility index (Phi) is 9.88. The molecule has 0 heterocycles. The molecule has 2 aromatic carbocycles. The highest BCUT2D eigenvalue weighted by molar-refractivity contribution is 5.91. The Morgan fingerprint density at radius 1 is 0.943 bits per heavy atom. The van der Waals surface area contributed by atoms with Crippen LogP contribution >= 0.6 is 0 Å². The van der Waals surface area contributed by atoms with Crippen molar-refractivity contribution in [1.29, 1.82) is 0 Å². The van der Waals surface area contributed by atoms with Crippen LogP contribution in [0.15, 0.2) is 54.6 Å². The van der Waals surface area contributed by atoms with Gasteiger partial charge in [0.05, 0.1) is 25.6 Å². The number of ether oxygens (including phenoxy) is 2. The van der Waals surface area contributed by atoms with Crippen LogP contribution in [-0.2, 0) is 35.1 Å². The third-order valence-electron chi connectivity index (χ3n) is 5.28. The summed E-state index contributed by atoms with van der Waals surface area (Å²) < 4.78 is 9.61. The van der Waals surface area contributed by atoms with E-state index in [1.54, 1.807) is 24.3 Å². The molecule has 11 nitrogen and oxygen atoms in total. The summed E-state index contributed by atoms with van der Waals surface area (Å²) in [4.78, 5) is 60.3. The summed E-state index contributed by atoms with van der Waals surface area (Å²) in [6.45, 7) is 1.26. The van der Waals surface area contributed by atoms with E-state index in [0.717, 1.165) is 12.7 Å². The molecule has 0 fully saturated rings. The molecule has 0 radical (unpaired) electrons. The second-order valence-electron chi connectivity index (χ2n) is 7.69. The van der Waals surface area contributed by atoms with Gasteiger partial charge in [-0.3, -0.25) is 24.5 Å². The maximum Gasteiger partial charge on any atom is 0.329 e. The Labute approximate surface area is 201 Å². The van der Waals surface area contributed by atoms with E-state index < -0.39 is 46.7 Å². The first-order valence-electron chi connectivity index (χ1n) is 10.7. The minimum absolute atomic E-state index is 0.152. The van der Waals surface area contributed by atoms with Gasteiger partial charge in [-0.05, 0) is 11.1 Å². The third-order valence-corrected chi connectivity index (χ3v) is 5.28. The molecule has 3 atom stereocenters. The van der Waals surface area contributed by atoms with E-state index in [1.807, 2.05) is 6.07 Å². The van der Waals surface area contributed by atoms with Crippen molar-refractivity contribution in [2.75, 3.05) is 14.2 Å². The lowest BCUT2D eigenvalue weighted by atomic mass is 9.87. The number of amides is 2.